The van der Waals surface area contributed by atoms with Gasteiger partial charge in [0.1, 0.15) is 11.9 Å². The Labute approximate surface area is 142 Å². The van der Waals surface area contributed by atoms with Crippen molar-refractivity contribution >= 4 is 10.1 Å². The number of rotatable bonds is 7. The highest BCUT2D eigenvalue weighted by Crippen LogP contribution is 2.34. The van der Waals surface area contributed by atoms with Gasteiger partial charge in [-0.3, -0.25) is 4.18 Å². The van der Waals surface area contributed by atoms with Gasteiger partial charge in [0.15, 0.2) is 11.5 Å². The summed E-state index contributed by atoms with van der Waals surface area (Å²) in [5, 5.41) is 13.0. The summed E-state index contributed by atoms with van der Waals surface area (Å²) in [4.78, 5) is 0. The molecule has 0 saturated heterocycles. The van der Waals surface area contributed by atoms with Crippen LogP contribution in [-0.2, 0) is 14.3 Å². The Kier molecular flexibility index (Phi) is 5.82. The Morgan fingerprint density at radius 2 is 1.83 bits per heavy atom. The minimum atomic E-state index is -3.62. The van der Waals surface area contributed by atoms with Crippen molar-refractivity contribution in [1.82, 2.24) is 5.32 Å². The maximum Gasteiger partial charge on any atom is 0.265 e. The van der Waals surface area contributed by atoms with Crippen LogP contribution < -0.4 is 10.1 Å². The molecule has 0 aliphatic rings. The number of aromatic hydroxyl groups is 1. The number of hydrogen-bond acceptors (Lipinski definition) is 6. The molecule has 7 heteroatoms. The van der Waals surface area contributed by atoms with Crippen molar-refractivity contribution in [2.75, 3.05) is 19.8 Å². The molecule has 1 unspecified atom stereocenters. The smallest absolute Gasteiger partial charge is 0.265 e. The first-order valence-corrected chi connectivity index (χ1v) is 9.20. The molecule has 2 aromatic carbocycles. The lowest BCUT2D eigenvalue weighted by Gasteiger charge is -2.17. The Bertz CT molecular complexity index is 787. The normalized spacial score (nSPS) is 12.8. The molecule has 0 spiro atoms. The van der Waals surface area contributed by atoms with E-state index in [1.54, 1.807) is 31.3 Å². The number of hydrogen-bond donors (Lipinski definition) is 2. The topological polar surface area (TPSA) is 84.9 Å². The fourth-order valence-electron chi connectivity index (χ4n) is 2.16. The summed E-state index contributed by atoms with van der Waals surface area (Å²) in [6.45, 7) is 2.25. The molecule has 0 amide bonds. The number of likely N-dealkylation sites (N-methyl/N-ethyl adjacent to an activating group) is 1. The van der Waals surface area contributed by atoms with Crippen LogP contribution in [0.15, 0.2) is 42.5 Å². The maximum atomic E-state index is 11.4. The lowest BCUT2D eigenvalue weighted by molar-refractivity contribution is 0.214. The third kappa shape index (κ3) is 5.23. The van der Waals surface area contributed by atoms with Crippen LogP contribution >= 0.6 is 0 Å². The largest absolute Gasteiger partial charge is 0.504 e. The van der Waals surface area contributed by atoms with Crippen LogP contribution in [0.2, 0.25) is 0 Å². The summed E-state index contributed by atoms with van der Waals surface area (Å²) in [6.07, 6.45) is 0.258. The molecule has 0 fully saturated rings. The van der Waals surface area contributed by atoms with Crippen LogP contribution in [0.4, 0.5) is 0 Å². The molecule has 2 rings (SSSR count). The van der Waals surface area contributed by atoms with Crippen LogP contribution in [0.1, 0.15) is 17.2 Å². The molecule has 0 radical (unpaired) electrons. The number of phenolic OH excluding ortho intramolecular Hbond substituents is 1. The van der Waals surface area contributed by atoms with Crippen molar-refractivity contribution in [3.63, 3.8) is 0 Å². The van der Waals surface area contributed by atoms with E-state index in [1.165, 1.54) is 6.07 Å². The molecule has 1 atom stereocenters. The Balaban J connectivity index is 2.22. The predicted molar refractivity (Wildman–Crippen MR) is 92.0 cm³/mol. The van der Waals surface area contributed by atoms with Gasteiger partial charge < -0.3 is 15.2 Å². The van der Waals surface area contributed by atoms with E-state index in [4.69, 9.17) is 8.92 Å². The monoisotopic (exact) mass is 351 g/mol. The van der Waals surface area contributed by atoms with Crippen molar-refractivity contribution in [3.8, 4) is 17.2 Å². The molecular formula is C17H21NO5S. The molecular weight excluding hydrogens is 330 g/mol. The summed E-state index contributed by atoms with van der Waals surface area (Å²) >= 11 is 0. The summed E-state index contributed by atoms with van der Waals surface area (Å²) in [7, 11) is -1.93. The van der Waals surface area contributed by atoms with E-state index >= 15 is 0 Å². The zero-order valence-corrected chi connectivity index (χ0v) is 14.6. The molecule has 0 aromatic heterocycles. The van der Waals surface area contributed by atoms with Gasteiger partial charge in [-0.25, -0.2) is 0 Å². The van der Waals surface area contributed by atoms with E-state index in [9.17, 15) is 13.5 Å². The third-order valence-corrected chi connectivity index (χ3v) is 3.87. The highest BCUT2D eigenvalue weighted by atomic mass is 32.2. The first kappa shape index (κ1) is 18.3. The zero-order chi connectivity index (χ0) is 17.7. The van der Waals surface area contributed by atoms with Crippen molar-refractivity contribution in [2.24, 2.45) is 0 Å². The van der Waals surface area contributed by atoms with Gasteiger partial charge in [0.2, 0.25) is 0 Å². The second kappa shape index (κ2) is 7.65. The van der Waals surface area contributed by atoms with Crippen LogP contribution in [0.5, 0.6) is 17.2 Å². The number of ether oxygens (including phenoxy) is 1. The number of nitrogens with one attached hydrogen (secondary N) is 1. The molecule has 2 aromatic rings. The highest BCUT2D eigenvalue weighted by molar-refractivity contribution is 7.86. The van der Waals surface area contributed by atoms with E-state index < -0.39 is 16.2 Å². The molecule has 0 aliphatic heterocycles. The summed E-state index contributed by atoms with van der Waals surface area (Å²) < 4.78 is 33.4. The van der Waals surface area contributed by atoms with E-state index in [2.05, 4.69) is 5.32 Å². The number of benzene rings is 2. The van der Waals surface area contributed by atoms with Gasteiger partial charge in [-0.15, -0.1) is 0 Å². The van der Waals surface area contributed by atoms with Gasteiger partial charge in [-0.2, -0.15) is 8.42 Å². The first-order chi connectivity index (χ1) is 11.3. The van der Waals surface area contributed by atoms with Crippen molar-refractivity contribution in [2.45, 2.75) is 13.0 Å². The second-order valence-corrected chi connectivity index (χ2v) is 7.09. The summed E-state index contributed by atoms with van der Waals surface area (Å²) in [5.74, 6) is 0.791. The van der Waals surface area contributed by atoms with Crippen LogP contribution in [-0.4, -0.2) is 33.4 Å². The SMILES string of the molecule is CNCC(OS(C)(=O)=O)c1ccc(Oc2ccc(C)cc2)c(O)c1. The van der Waals surface area contributed by atoms with Gasteiger partial charge in [-0.05, 0) is 43.8 Å². The standard InChI is InChI=1S/C17H21NO5S/c1-12-4-7-14(8-5-12)22-16-9-6-13(10-15(16)19)17(11-18-2)23-24(3,20)21/h4-10,17-19H,11H2,1-3H3. The third-order valence-electron chi connectivity index (χ3n) is 3.28. The van der Waals surface area contributed by atoms with Crippen LogP contribution in [0.3, 0.4) is 0 Å². The van der Waals surface area contributed by atoms with Gasteiger partial charge >= 0.3 is 0 Å². The molecule has 0 heterocycles. The van der Waals surface area contributed by atoms with Crippen LogP contribution in [0, 0.1) is 6.92 Å². The minimum Gasteiger partial charge on any atom is -0.504 e. The average molecular weight is 351 g/mol. The van der Waals surface area contributed by atoms with Gasteiger partial charge in [0.25, 0.3) is 10.1 Å². The van der Waals surface area contributed by atoms with Crippen LogP contribution in [0.25, 0.3) is 0 Å². The molecule has 0 aliphatic carbocycles. The fourth-order valence-corrected chi connectivity index (χ4v) is 2.76. The fraction of sp³-hybridized carbons (Fsp3) is 0.294. The maximum absolute atomic E-state index is 11.4. The quantitative estimate of drug-likeness (QED) is 0.746. The van der Waals surface area contributed by atoms with E-state index in [-0.39, 0.29) is 18.0 Å². The molecule has 0 saturated carbocycles. The second-order valence-electron chi connectivity index (χ2n) is 5.49. The predicted octanol–water partition coefficient (Wildman–Crippen LogP) is 2.73. The van der Waals surface area contributed by atoms with E-state index in [0.29, 0.717) is 11.3 Å². The van der Waals surface area contributed by atoms with Crippen molar-refractivity contribution < 1.29 is 22.4 Å². The summed E-state index contributed by atoms with van der Waals surface area (Å²) in [5.41, 5.74) is 1.64. The van der Waals surface area contributed by atoms with Gasteiger partial charge in [0.05, 0.1) is 6.26 Å². The van der Waals surface area contributed by atoms with Crippen molar-refractivity contribution in [1.29, 1.82) is 0 Å². The first-order valence-electron chi connectivity index (χ1n) is 7.39. The Morgan fingerprint density at radius 3 is 2.38 bits per heavy atom. The lowest BCUT2D eigenvalue weighted by Crippen LogP contribution is -2.22. The average Bonchev–Trinajstić information content (AvgIpc) is 2.50. The van der Waals surface area contributed by atoms with Gasteiger partial charge in [0, 0.05) is 6.54 Å². The molecule has 24 heavy (non-hydrogen) atoms. The molecule has 130 valence electrons. The number of phenols is 1. The minimum absolute atomic E-state index is 0.0914. The molecule has 2 N–H and O–H groups in total. The lowest BCUT2D eigenvalue weighted by atomic mass is 10.1. The molecule has 6 nitrogen and oxygen atoms in total. The highest BCUT2D eigenvalue weighted by Gasteiger charge is 2.19. The van der Waals surface area contributed by atoms with Gasteiger partial charge in [-0.1, -0.05) is 23.8 Å². The summed E-state index contributed by atoms with van der Waals surface area (Å²) in [6, 6.07) is 12.1. The van der Waals surface area contributed by atoms with E-state index in [1.807, 2.05) is 19.1 Å². The van der Waals surface area contributed by atoms with E-state index in [0.717, 1.165) is 11.8 Å². The zero-order valence-electron chi connectivity index (χ0n) is 13.8. The number of aryl methyl sites for hydroxylation is 1. The Hall–Kier alpha value is -2.09. The Morgan fingerprint density at radius 1 is 1.17 bits per heavy atom. The van der Waals surface area contributed by atoms with Crippen molar-refractivity contribution in [3.05, 3.63) is 53.6 Å². The molecule has 0 bridgehead atoms.